The molecule has 0 unspecified atom stereocenters. The summed E-state index contributed by atoms with van der Waals surface area (Å²) in [4.78, 5) is 26.9. The zero-order chi connectivity index (χ0) is 20.9. The van der Waals surface area contributed by atoms with Crippen LogP contribution in [0.15, 0.2) is 78.9 Å². The molecule has 152 valence electrons. The zero-order valence-corrected chi connectivity index (χ0v) is 19.2. The molecule has 1 atom stereocenters. The number of rotatable bonds is 6. The van der Waals surface area contributed by atoms with E-state index in [2.05, 4.69) is 40.0 Å². The van der Waals surface area contributed by atoms with Crippen LogP contribution in [0.5, 0.6) is 0 Å². The lowest BCUT2D eigenvalue weighted by Crippen LogP contribution is -2.30. The number of carbonyl (C=O) groups is 2. The van der Waals surface area contributed by atoms with Crippen LogP contribution in [0, 0.1) is 3.57 Å². The number of nitrogens with one attached hydrogen (secondary N) is 1. The van der Waals surface area contributed by atoms with E-state index < -0.39 is 0 Å². The maximum absolute atomic E-state index is 12.5. The van der Waals surface area contributed by atoms with Gasteiger partial charge in [-0.05, 0) is 76.5 Å². The minimum atomic E-state index is -0.140. The Balaban J connectivity index is 1.42. The predicted molar refractivity (Wildman–Crippen MR) is 131 cm³/mol. The second kappa shape index (κ2) is 9.66. The van der Waals surface area contributed by atoms with Gasteiger partial charge in [0.05, 0.1) is 5.75 Å². The Kier molecular flexibility index (Phi) is 6.74. The van der Waals surface area contributed by atoms with Gasteiger partial charge in [-0.2, -0.15) is 0 Å². The molecule has 2 amide bonds. The molecule has 1 aliphatic rings. The second-order valence-electron chi connectivity index (χ2n) is 7.07. The number of thioether (sulfide) groups is 1. The molecule has 1 N–H and O–H groups in total. The first-order valence-electron chi connectivity index (χ1n) is 9.72. The molecule has 4 rings (SSSR count). The summed E-state index contributed by atoms with van der Waals surface area (Å²) in [6.07, 6.45) is 0.833. The fourth-order valence-corrected chi connectivity index (χ4v) is 4.98. The van der Waals surface area contributed by atoms with Crippen LogP contribution in [0.2, 0.25) is 0 Å². The number of benzene rings is 3. The molecule has 0 aliphatic carbocycles. The lowest BCUT2D eigenvalue weighted by molar-refractivity contribution is -0.128. The van der Waals surface area contributed by atoms with Crippen molar-refractivity contribution in [2.75, 3.05) is 17.6 Å². The van der Waals surface area contributed by atoms with Crippen molar-refractivity contribution < 1.29 is 9.59 Å². The van der Waals surface area contributed by atoms with E-state index in [9.17, 15) is 9.59 Å². The van der Waals surface area contributed by atoms with E-state index in [1.807, 2.05) is 71.6 Å². The van der Waals surface area contributed by atoms with Crippen LogP contribution in [-0.2, 0) is 11.2 Å². The summed E-state index contributed by atoms with van der Waals surface area (Å²) < 4.78 is 1.12. The van der Waals surface area contributed by atoms with Gasteiger partial charge in [-0.15, -0.1) is 11.8 Å². The Labute approximate surface area is 194 Å². The second-order valence-corrected chi connectivity index (χ2v) is 9.38. The smallest absolute Gasteiger partial charge is 0.255 e. The first kappa shape index (κ1) is 20.9. The summed E-state index contributed by atoms with van der Waals surface area (Å²) in [5, 5.41) is 2.91. The normalized spacial score (nSPS) is 16.0. The largest absolute Gasteiger partial charge is 0.326 e. The summed E-state index contributed by atoms with van der Waals surface area (Å²) in [6.45, 7) is 0.690. The van der Waals surface area contributed by atoms with Gasteiger partial charge in [0.1, 0.15) is 5.37 Å². The van der Waals surface area contributed by atoms with Gasteiger partial charge in [0.2, 0.25) is 5.91 Å². The number of halogens is 1. The van der Waals surface area contributed by atoms with Gasteiger partial charge >= 0.3 is 0 Å². The van der Waals surface area contributed by atoms with Gasteiger partial charge in [-0.1, -0.05) is 42.5 Å². The lowest BCUT2D eigenvalue weighted by Gasteiger charge is -2.24. The third kappa shape index (κ3) is 5.05. The molecule has 1 fully saturated rings. The van der Waals surface area contributed by atoms with E-state index >= 15 is 0 Å². The Morgan fingerprint density at radius 2 is 1.70 bits per heavy atom. The van der Waals surface area contributed by atoms with Gasteiger partial charge in [-0.25, -0.2) is 0 Å². The fraction of sp³-hybridized carbons (Fsp3) is 0.167. The number of anilines is 1. The van der Waals surface area contributed by atoms with Crippen molar-refractivity contribution in [1.29, 1.82) is 0 Å². The lowest BCUT2D eigenvalue weighted by atomic mass is 10.1. The molecule has 3 aromatic carbocycles. The SMILES string of the molecule is O=C(Nc1ccc(I)cc1)c1ccc([C@H]2SCC(=O)N2CCc2ccccc2)cc1. The molecule has 4 nitrogen and oxygen atoms in total. The van der Waals surface area contributed by atoms with Crippen LogP contribution in [-0.4, -0.2) is 29.0 Å². The molecule has 1 heterocycles. The molecule has 1 saturated heterocycles. The zero-order valence-electron chi connectivity index (χ0n) is 16.3. The molecule has 0 bridgehead atoms. The summed E-state index contributed by atoms with van der Waals surface area (Å²) in [5.41, 5.74) is 3.64. The fourth-order valence-electron chi connectivity index (χ4n) is 3.40. The topological polar surface area (TPSA) is 49.4 Å². The molecule has 0 radical (unpaired) electrons. The highest BCUT2D eigenvalue weighted by Crippen LogP contribution is 2.38. The molecule has 0 spiro atoms. The number of hydrogen-bond acceptors (Lipinski definition) is 3. The summed E-state index contributed by atoms with van der Waals surface area (Å²) in [7, 11) is 0. The van der Waals surface area contributed by atoms with Gasteiger partial charge in [0, 0.05) is 21.4 Å². The van der Waals surface area contributed by atoms with Crippen LogP contribution in [0.1, 0.15) is 26.9 Å². The van der Waals surface area contributed by atoms with E-state index in [1.165, 1.54) is 5.56 Å². The number of amides is 2. The highest BCUT2D eigenvalue weighted by atomic mass is 127. The molecule has 0 saturated carbocycles. The maximum atomic E-state index is 12.5. The number of nitrogens with zero attached hydrogens (tertiary/aromatic N) is 1. The van der Waals surface area contributed by atoms with Crippen molar-refractivity contribution in [2.24, 2.45) is 0 Å². The van der Waals surface area contributed by atoms with E-state index in [0.29, 0.717) is 17.9 Å². The summed E-state index contributed by atoms with van der Waals surface area (Å²) in [5.74, 6) is 0.523. The molecule has 0 aromatic heterocycles. The van der Waals surface area contributed by atoms with Crippen molar-refractivity contribution in [3.63, 3.8) is 0 Å². The van der Waals surface area contributed by atoms with Gasteiger partial charge in [0.25, 0.3) is 5.91 Å². The third-order valence-electron chi connectivity index (χ3n) is 5.01. The van der Waals surface area contributed by atoms with E-state index in [0.717, 1.165) is 21.2 Å². The van der Waals surface area contributed by atoms with E-state index in [1.54, 1.807) is 11.8 Å². The average Bonchev–Trinajstić information content (AvgIpc) is 3.15. The van der Waals surface area contributed by atoms with Gasteiger partial charge in [0.15, 0.2) is 0 Å². The molecular weight excluding hydrogens is 507 g/mol. The molecule has 3 aromatic rings. The van der Waals surface area contributed by atoms with E-state index in [4.69, 9.17) is 0 Å². The highest BCUT2D eigenvalue weighted by Gasteiger charge is 2.32. The summed E-state index contributed by atoms with van der Waals surface area (Å²) in [6, 6.07) is 25.5. The molecular formula is C24H21IN2O2S. The predicted octanol–water partition coefficient (Wildman–Crippen LogP) is 5.36. The quantitative estimate of drug-likeness (QED) is 0.439. The van der Waals surface area contributed by atoms with Crippen molar-refractivity contribution >= 4 is 51.9 Å². The van der Waals surface area contributed by atoms with Gasteiger partial charge < -0.3 is 10.2 Å². The average molecular weight is 528 g/mol. The Bertz CT molecular complexity index is 1020. The standard InChI is InChI=1S/C24H21IN2O2S/c25-20-10-12-21(13-11-20)26-23(29)18-6-8-19(9-7-18)24-27(22(28)16-30-24)15-14-17-4-2-1-3-5-17/h1-13,24H,14-16H2,(H,26,29)/t24-/m1/s1. The minimum absolute atomic E-state index is 0.00507. The third-order valence-corrected chi connectivity index (χ3v) is 6.99. The van der Waals surface area contributed by atoms with Crippen LogP contribution in [0.3, 0.4) is 0 Å². The Hall–Kier alpha value is -2.32. The van der Waals surface area contributed by atoms with Crippen LogP contribution in [0.25, 0.3) is 0 Å². The van der Waals surface area contributed by atoms with Crippen LogP contribution in [0.4, 0.5) is 5.69 Å². The first-order chi connectivity index (χ1) is 14.6. The first-order valence-corrected chi connectivity index (χ1v) is 11.8. The monoisotopic (exact) mass is 528 g/mol. The van der Waals surface area contributed by atoms with E-state index in [-0.39, 0.29) is 17.2 Å². The van der Waals surface area contributed by atoms with Crippen molar-refractivity contribution in [3.05, 3.63) is 99.1 Å². The van der Waals surface area contributed by atoms with Crippen molar-refractivity contribution in [1.82, 2.24) is 4.90 Å². The van der Waals surface area contributed by atoms with Crippen LogP contribution < -0.4 is 5.32 Å². The summed E-state index contributed by atoms with van der Waals surface area (Å²) >= 11 is 3.87. The number of carbonyl (C=O) groups excluding carboxylic acids is 2. The van der Waals surface area contributed by atoms with Crippen molar-refractivity contribution in [3.8, 4) is 0 Å². The Morgan fingerprint density at radius 1 is 1.00 bits per heavy atom. The highest BCUT2D eigenvalue weighted by molar-refractivity contribution is 14.1. The van der Waals surface area contributed by atoms with Crippen LogP contribution >= 0.6 is 34.4 Å². The minimum Gasteiger partial charge on any atom is -0.326 e. The number of hydrogen-bond donors (Lipinski definition) is 1. The van der Waals surface area contributed by atoms with Gasteiger partial charge in [-0.3, -0.25) is 9.59 Å². The molecule has 1 aliphatic heterocycles. The maximum Gasteiger partial charge on any atom is 0.255 e. The Morgan fingerprint density at radius 3 is 2.40 bits per heavy atom. The molecule has 6 heteroatoms. The van der Waals surface area contributed by atoms with Crippen molar-refractivity contribution in [2.45, 2.75) is 11.8 Å². The molecule has 30 heavy (non-hydrogen) atoms.